The number of para-hydroxylation sites is 1. The van der Waals surface area contributed by atoms with Crippen LogP contribution < -0.4 is 9.08 Å². The third-order valence-corrected chi connectivity index (χ3v) is 5.11. The van der Waals surface area contributed by atoms with Gasteiger partial charge in [-0.15, -0.1) is 0 Å². The SMILES string of the molecule is CS(=O)(=O)Oc1ccccc1C=C1SC(=S)N(c2ccc(F)cc2)C1=O. The first-order chi connectivity index (χ1) is 12.2. The maximum absolute atomic E-state index is 13.1. The zero-order valence-corrected chi connectivity index (χ0v) is 15.8. The summed E-state index contributed by atoms with van der Waals surface area (Å²) in [6, 6.07) is 11.9. The fourth-order valence-electron chi connectivity index (χ4n) is 2.26. The molecule has 0 unspecified atom stereocenters. The Morgan fingerprint density at radius 1 is 1.15 bits per heavy atom. The molecule has 0 bridgehead atoms. The van der Waals surface area contributed by atoms with Gasteiger partial charge in [-0.1, -0.05) is 42.2 Å². The van der Waals surface area contributed by atoms with Crippen molar-refractivity contribution in [2.45, 2.75) is 0 Å². The normalized spacial score (nSPS) is 16.4. The molecular weight excluding hydrogens is 397 g/mol. The number of amides is 1. The fraction of sp³-hybridized carbons (Fsp3) is 0.0588. The first-order valence-corrected chi connectivity index (χ1v) is 10.3. The number of hydrogen-bond donors (Lipinski definition) is 0. The molecule has 5 nitrogen and oxygen atoms in total. The summed E-state index contributed by atoms with van der Waals surface area (Å²) in [7, 11) is -3.71. The van der Waals surface area contributed by atoms with Crippen molar-refractivity contribution in [3.63, 3.8) is 0 Å². The van der Waals surface area contributed by atoms with E-state index in [2.05, 4.69) is 0 Å². The highest BCUT2D eigenvalue weighted by Crippen LogP contribution is 2.37. The number of carbonyl (C=O) groups is 1. The van der Waals surface area contributed by atoms with Gasteiger partial charge in [-0.25, -0.2) is 4.39 Å². The third kappa shape index (κ3) is 4.12. The lowest BCUT2D eigenvalue weighted by molar-refractivity contribution is -0.113. The molecule has 1 fully saturated rings. The number of anilines is 1. The van der Waals surface area contributed by atoms with E-state index in [0.29, 0.717) is 20.5 Å². The smallest absolute Gasteiger partial charge is 0.306 e. The number of halogens is 1. The molecule has 0 spiro atoms. The summed E-state index contributed by atoms with van der Waals surface area (Å²) in [4.78, 5) is 14.3. The monoisotopic (exact) mass is 409 g/mol. The van der Waals surface area contributed by atoms with Gasteiger partial charge in [0.05, 0.1) is 16.8 Å². The lowest BCUT2D eigenvalue weighted by Crippen LogP contribution is -2.27. The summed E-state index contributed by atoms with van der Waals surface area (Å²) in [5.41, 5.74) is 0.885. The number of carbonyl (C=O) groups excluding carboxylic acids is 1. The fourth-order valence-corrected chi connectivity index (χ4v) is 4.03. The van der Waals surface area contributed by atoms with E-state index in [1.54, 1.807) is 18.2 Å². The van der Waals surface area contributed by atoms with Crippen molar-refractivity contribution in [1.29, 1.82) is 0 Å². The molecule has 1 aliphatic heterocycles. The summed E-state index contributed by atoms with van der Waals surface area (Å²) < 4.78 is 41.1. The molecular formula is C17H12FNO4S3. The van der Waals surface area contributed by atoms with E-state index in [0.717, 1.165) is 18.0 Å². The van der Waals surface area contributed by atoms with Gasteiger partial charge in [-0.3, -0.25) is 9.69 Å². The third-order valence-electron chi connectivity index (χ3n) is 3.33. The van der Waals surface area contributed by atoms with E-state index >= 15 is 0 Å². The molecule has 0 N–H and O–H groups in total. The van der Waals surface area contributed by atoms with Crippen LogP contribution in [0.3, 0.4) is 0 Å². The Kier molecular flexibility index (Phi) is 5.12. The second-order valence-electron chi connectivity index (χ2n) is 5.32. The Bertz CT molecular complexity index is 1020. The predicted octanol–water partition coefficient (Wildman–Crippen LogP) is 3.57. The average molecular weight is 409 g/mol. The van der Waals surface area contributed by atoms with Gasteiger partial charge in [-0.2, -0.15) is 8.42 Å². The molecule has 0 radical (unpaired) electrons. The Morgan fingerprint density at radius 2 is 1.81 bits per heavy atom. The molecule has 1 amide bonds. The number of thiocarbonyl (C=S) groups is 1. The van der Waals surface area contributed by atoms with E-state index in [4.69, 9.17) is 16.4 Å². The number of hydrogen-bond acceptors (Lipinski definition) is 6. The van der Waals surface area contributed by atoms with Gasteiger partial charge in [-0.05, 0) is 36.4 Å². The first kappa shape index (κ1) is 18.6. The van der Waals surface area contributed by atoms with Crippen molar-refractivity contribution in [2.24, 2.45) is 0 Å². The highest BCUT2D eigenvalue weighted by molar-refractivity contribution is 8.27. The zero-order chi connectivity index (χ0) is 18.9. The van der Waals surface area contributed by atoms with Crippen molar-refractivity contribution >= 4 is 56.1 Å². The second-order valence-corrected chi connectivity index (χ2v) is 8.57. The van der Waals surface area contributed by atoms with Crippen LogP contribution in [0.25, 0.3) is 6.08 Å². The molecule has 3 rings (SSSR count). The first-order valence-electron chi connectivity index (χ1n) is 7.26. The van der Waals surface area contributed by atoms with Gasteiger partial charge in [0.15, 0.2) is 4.32 Å². The number of thioether (sulfide) groups is 1. The zero-order valence-electron chi connectivity index (χ0n) is 13.4. The van der Waals surface area contributed by atoms with E-state index in [1.807, 2.05) is 0 Å². The minimum absolute atomic E-state index is 0.113. The van der Waals surface area contributed by atoms with Gasteiger partial charge in [0.25, 0.3) is 5.91 Å². The van der Waals surface area contributed by atoms with Gasteiger partial charge in [0.2, 0.25) is 0 Å². The topological polar surface area (TPSA) is 63.7 Å². The van der Waals surface area contributed by atoms with Crippen molar-refractivity contribution in [2.75, 3.05) is 11.2 Å². The molecule has 0 atom stereocenters. The van der Waals surface area contributed by atoms with E-state index in [1.165, 1.54) is 41.3 Å². The largest absolute Gasteiger partial charge is 0.382 e. The van der Waals surface area contributed by atoms with Crippen molar-refractivity contribution in [1.82, 2.24) is 0 Å². The molecule has 2 aromatic carbocycles. The molecule has 26 heavy (non-hydrogen) atoms. The van der Waals surface area contributed by atoms with Crippen LogP contribution in [0.15, 0.2) is 53.4 Å². The van der Waals surface area contributed by atoms with Crippen LogP contribution >= 0.6 is 24.0 Å². The molecule has 1 aliphatic rings. The lowest BCUT2D eigenvalue weighted by Gasteiger charge is -2.14. The van der Waals surface area contributed by atoms with Gasteiger partial charge in [0.1, 0.15) is 11.6 Å². The molecule has 0 saturated carbocycles. The van der Waals surface area contributed by atoms with E-state index in [-0.39, 0.29) is 11.7 Å². The van der Waals surface area contributed by atoms with Crippen LogP contribution in [0.4, 0.5) is 10.1 Å². The minimum Gasteiger partial charge on any atom is -0.382 e. The second kappa shape index (κ2) is 7.18. The molecule has 9 heteroatoms. The highest BCUT2D eigenvalue weighted by atomic mass is 32.2. The van der Waals surface area contributed by atoms with Crippen molar-refractivity contribution < 1.29 is 21.8 Å². The number of rotatable bonds is 4. The highest BCUT2D eigenvalue weighted by Gasteiger charge is 2.33. The lowest BCUT2D eigenvalue weighted by atomic mass is 10.2. The number of nitrogens with zero attached hydrogens (tertiary/aromatic N) is 1. The van der Waals surface area contributed by atoms with Gasteiger partial charge >= 0.3 is 10.1 Å². The van der Waals surface area contributed by atoms with Crippen LogP contribution in [0, 0.1) is 5.82 Å². The maximum Gasteiger partial charge on any atom is 0.306 e. The van der Waals surface area contributed by atoms with Crippen LogP contribution in [-0.2, 0) is 14.9 Å². The summed E-state index contributed by atoms with van der Waals surface area (Å²) in [6.07, 6.45) is 2.46. The van der Waals surface area contributed by atoms with Gasteiger partial charge in [0, 0.05) is 5.56 Å². The molecule has 2 aromatic rings. The Hall–Kier alpha value is -2.23. The maximum atomic E-state index is 13.1. The molecule has 0 aromatic heterocycles. The quantitative estimate of drug-likeness (QED) is 0.437. The summed E-state index contributed by atoms with van der Waals surface area (Å²) in [6.45, 7) is 0. The molecule has 0 aliphatic carbocycles. The van der Waals surface area contributed by atoms with E-state index in [9.17, 15) is 17.6 Å². The molecule has 1 heterocycles. The minimum atomic E-state index is -3.71. The molecule has 134 valence electrons. The average Bonchev–Trinajstić information content (AvgIpc) is 2.83. The molecule has 1 saturated heterocycles. The van der Waals surface area contributed by atoms with E-state index < -0.39 is 15.9 Å². The number of benzene rings is 2. The van der Waals surface area contributed by atoms with Crippen LogP contribution in [0.1, 0.15) is 5.56 Å². The summed E-state index contributed by atoms with van der Waals surface area (Å²) >= 11 is 6.33. The van der Waals surface area contributed by atoms with Crippen LogP contribution in [0.5, 0.6) is 5.75 Å². The standard InChI is InChI=1S/C17H12FNO4S3/c1-26(21,22)23-14-5-3-2-4-11(14)10-15-16(20)19(17(24)25-15)13-8-6-12(18)7-9-13/h2-10H,1H3. The Morgan fingerprint density at radius 3 is 2.46 bits per heavy atom. The Balaban J connectivity index is 1.95. The Labute approximate surface area is 159 Å². The van der Waals surface area contributed by atoms with Crippen LogP contribution in [0.2, 0.25) is 0 Å². The summed E-state index contributed by atoms with van der Waals surface area (Å²) in [5.74, 6) is -0.676. The summed E-state index contributed by atoms with van der Waals surface area (Å²) in [5, 5.41) is 0. The van der Waals surface area contributed by atoms with Gasteiger partial charge < -0.3 is 4.18 Å². The van der Waals surface area contributed by atoms with Crippen molar-refractivity contribution in [3.05, 3.63) is 64.8 Å². The van der Waals surface area contributed by atoms with Crippen molar-refractivity contribution in [3.8, 4) is 5.75 Å². The van der Waals surface area contributed by atoms with Crippen LogP contribution in [-0.4, -0.2) is 24.9 Å². The predicted molar refractivity (Wildman–Crippen MR) is 104 cm³/mol.